The Labute approximate surface area is 114 Å². The molecule has 1 N–H and O–H groups in total. The van der Waals surface area contributed by atoms with Crippen molar-refractivity contribution in [3.05, 3.63) is 35.6 Å². The smallest absolute Gasteiger partial charge is 0.134 e. The zero-order valence-corrected chi connectivity index (χ0v) is 12.2. The van der Waals surface area contributed by atoms with Crippen LogP contribution in [0.1, 0.15) is 45.1 Å². The Kier molecular flexibility index (Phi) is 4.61. The molecule has 0 aliphatic heterocycles. The second-order valence-electron chi connectivity index (χ2n) is 5.34. The van der Waals surface area contributed by atoms with Gasteiger partial charge in [0.25, 0.3) is 0 Å². The third-order valence-corrected chi connectivity index (χ3v) is 3.15. The van der Waals surface area contributed by atoms with E-state index in [2.05, 4.69) is 39.2 Å². The molecule has 0 saturated carbocycles. The predicted molar refractivity (Wildman–Crippen MR) is 77.9 cm³/mol. The molecule has 1 atom stereocenters. The molecule has 1 aromatic carbocycles. The molecule has 0 saturated heterocycles. The van der Waals surface area contributed by atoms with Crippen molar-refractivity contribution in [1.82, 2.24) is 5.48 Å². The summed E-state index contributed by atoms with van der Waals surface area (Å²) in [6, 6.07) is 8.24. The second-order valence-corrected chi connectivity index (χ2v) is 5.34. The number of furan rings is 1. The van der Waals surface area contributed by atoms with Gasteiger partial charge in [0.15, 0.2) is 0 Å². The molecule has 0 spiro atoms. The molecule has 0 amide bonds. The maximum Gasteiger partial charge on any atom is 0.134 e. The average Bonchev–Trinajstić information content (AvgIpc) is 2.76. The fraction of sp³-hybridized carbons (Fsp3) is 0.500. The number of benzene rings is 1. The lowest BCUT2D eigenvalue weighted by atomic mass is 10.1. The van der Waals surface area contributed by atoms with Gasteiger partial charge in [0.05, 0.1) is 12.6 Å². The number of aryl methyl sites for hydroxylation is 1. The van der Waals surface area contributed by atoms with Crippen LogP contribution in [0.5, 0.6) is 0 Å². The molecule has 0 aliphatic rings. The topological polar surface area (TPSA) is 34.4 Å². The SMILES string of the molecule is CCc1c(C(C)NOCC(C)C)oc2ccccc12. The minimum Gasteiger partial charge on any atom is -0.459 e. The summed E-state index contributed by atoms with van der Waals surface area (Å²) in [5, 5.41) is 1.21. The van der Waals surface area contributed by atoms with Crippen LogP contribution in [0.3, 0.4) is 0 Å². The molecule has 2 aromatic rings. The highest BCUT2D eigenvalue weighted by Crippen LogP contribution is 2.30. The Bertz CT molecular complexity index is 531. The van der Waals surface area contributed by atoms with E-state index >= 15 is 0 Å². The van der Waals surface area contributed by atoms with Gasteiger partial charge >= 0.3 is 0 Å². The summed E-state index contributed by atoms with van der Waals surface area (Å²) >= 11 is 0. The van der Waals surface area contributed by atoms with Crippen molar-refractivity contribution in [2.75, 3.05) is 6.61 Å². The third kappa shape index (κ3) is 3.17. The predicted octanol–water partition coefficient (Wildman–Crippen LogP) is 4.23. The van der Waals surface area contributed by atoms with E-state index in [9.17, 15) is 0 Å². The van der Waals surface area contributed by atoms with Crippen molar-refractivity contribution >= 4 is 11.0 Å². The molecule has 19 heavy (non-hydrogen) atoms. The molecule has 2 rings (SSSR count). The van der Waals surface area contributed by atoms with Gasteiger partial charge in [0, 0.05) is 10.9 Å². The van der Waals surface area contributed by atoms with Crippen molar-refractivity contribution < 1.29 is 9.25 Å². The molecule has 1 aromatic heterocycles. The summed E-state index contributed by atoms with van der Waals surface area (Å²) in [4.78, 5) is 5.50. The van der Waals surface area contributed by atoms with Gasteiger partial charge in [-0.1, -0.05) is 39.0 Å². The van der Waals surface area contributed by atoms with Gasteiger partial charge in [-0.2, -0.15) is 5.48 Å². The van der Waals surface area contributed by atoms with Crippen LogP contribution in [0.4, 0.5) is 0 Å². The first-order chi connectivity index (χ1) is 9.13. The molecule has 0 fully saturated rings. The molecule has 3 nitrogen and oxygen atoms in total. The summed E-state index contributed by atoms with van der Waals surface area (Å²) < 4.78 is 5.97. The van der Waals surface area contributed by atoms with Gasteiger partial charge in [-0.15, -0.1) is 0 Å². The zero-order valence-electron chi connectivity index (χ0n) is 12.2. The number of hydrogen-bond donors (Lipinski definition) is 1. The number of hydrogen-bond acceptors (Lipinski definition) is 3. The number of rotatable bonds is 6. The maximum absolute atomic E-state index is 5.97. The molecule has 1 unspecified atom stereocenters. The van der Waals surface area contributed by atoms with E-state index in [1.807, 2.05) is 18.2 Å². The van der Waals surface area contributed by atoms with Gasteiger partial charge in [-0.25, -0.2) is 0 Å². The maximum atomic E-state index is 5.97. The van der Waals surface area contributed by atoms with E-state index in [-0.39, 0.29) is 6.04 Å². The minimum absolute atomic E-state index is 0.0566. The second kappa shape index (κ2) is 6.22. The quantitative estimate of drug-likeness (QED) is 0.790. The van der Waals surface area contributed by atoms with Crippen LogP contribution in [-0.2, 0) is 11.3 Å². The van der Waals surface area contributed by atoms with Crippen molar-refractivity contribution in [3.63, 3.8) is 0 Å². The standard InChI is InChI=1S/C16H23NO2/c1-5-13-14-8-6-7-9-15(14)19-16(13)12(4)17-18-10-11(2)3/h6-9,11-12,17H,5,10H2,1-4H3. The van der Waals surface area contributed by atoms with Crippen molar-refractivity contribution in [3.8, 4) is 0 Å². The van der Waals surface area contributed by atoms with Gasteiger partial charge < -0.3 is 9.25 Å². The fourth-order valence-corrected chi connectivity index (χ4v) is 2.23. The van der Waals surface area contributed by atoms with Gasteiger partial charge in [0.1, 0.15) is 11.3 Å². The van der Waals surface area contributed by atoms with Crippen molar-refractivity contribution in [1.29, 1.82) is 0 Å². The Balaban J connectivity index is 2.19. The molecule has 1 heterocycles. The first-order valence-corrected chi connectivity index (χ1v) is 7.01. The van der Waals surface area contributed by atoms with Crippen molar-refractivity contribution in [2.45, 2.75) is 40.2 Å². The van der Waals surface area contributed by atoms with Gasteiger partial charge in [-0.05, 0) is 25.3 Å². The Morgan fingerprint density at radius 2 is 1.95 bits per heavy atom. The van der Waals surface area contributed by atoms with E-state index in [1.54, 1.807) is 0 Å². The van der Waals surface area contributed by atoms with Gasteiger partial charge in [-0.3, -0.25) is 0 Å². The molecule has 0 aliphatic carbocycles. The lowest BCUT2D eigenvalue weighted by Crippen LogP contribution is -2.21. The van der Waals surface area contributed by atoms with E-state index in [0.717, 1.165) is 17.8 Å². The molecular weight excluding hydrogens is 238 g/mol. The van der Waals surface area contributed by atoms with Gasteiger partial charge in [0.2, 0.25) is 0 Å². The largest absolute Gasteiger partial charge is 0.459 e. The number of hydroxylamine groups is 1. The first-order valence-electron chi connectivity index (χ1n) is 7.01. The van der Waals surface area contributed by atoms with Crippen LogP contribution in [0.25, 0.3) is 11.0 Å². The lowest BCUT2D eigenvalue weighted by Gasteiger charge is -2.14. The molecule has 0 bridgehead atoms. The number of para-hydroxylation sites is 1. The van der Waals surface area contributed by atoms with E-state index < -0.39 is 0 Å². The van der Waals surface area contributed by atoms with Crippen LogP contribution in [0, 0.1) is 5.92 Å². The van der Waals surface area contributed by atoms with Crippen LogP contribution in [-0.4, -0.2) is 6.61 Å². The van der Waals surface area contributed by atoms with Crippen LogP contribution in [0.15, 0.2) is 28.7 Å². The summed E-state index contributed by atoms with van der Waals surface area (Å²) in [5.74, 6) is 1.49. The van der Waals surface area contributed by atoms with Crippen LogP contribution < -0.4 is 5.48 Å². The molecule has 3 heteroatoms. The first kappa shape index (κ1) is 14.1. The molecule has 104 valence electrons. The molecular formula is C16H23NO2. The summed E-state index contributed by atoms with van der Waals surface area (Å²) in [6.07, 6.45) is 0.961. The Morgan fingerprint density at radius 1 is 1.21 bits per heavy atom. The Hall–Kier alpha value is -1.32. The highest BCUT2D eigenvalue weighted by molar-refractivity contribution is 5.82. The average molecular weight is 261 g/mol. The summed E-state index contributed by atoms with van der Waals surface area (Å²) in [6.45, 7) is 9.18. The monoisotopic (exact) mass is 261 g/mol. The highest BCUT2D eigenvalue weighted by Gasteiger charge is 2.18. The van der Waals surface area contributed by atoms with Crippen molar-refractivity contribution in [2.24, 2.45) is 5.92 Å². The van der Waals surface area contributed by atoms with E-state index in [0.29, 0.717) is 12.5 Å². The lowest BCUT2D eigenvalue weighted by molar-refractivity contribution is 0.0000601. The van der Waals surface area contributed by atoms with Crippen LogP contribution >= 0.6 is 0 Å². The fourth-order valence-electron chi connectivity index (χ4n) is 2.23. The minimum atomic E-state index is 0.0566. The van der Waals surface area contributed by atoms with E-state index in [1.165, 1.54) is 10.9 Å². The Morgan fingerprint density at radius 3 is 2.63 bits per heavy atom. The normalized spacial score (nSPS) is 13.3. The summed E-state index contributed by atoms with van der Waals surface area (Å²) in [7, 11) is 0. The number of fused-ring (bicyclic) bond motifs is 1. The molecule has 0 radical (unpaired) electrons. The highest BCUT2D eigenvalue weighted by atomic mass is 16.6. The van der Waals surface area contributed by atoms with Crippen LogP contribution in [0.2, 0.25) is 0 Å². The third-order valence-electron chi connectivity index (χ3n) is 3.15. The summed E-state index contributed by atoms with van der Waals surface area (Å²) in [5.41, 5.74) is 5.29. The van der Waals surface area contributed by atoms with E-state index in [4.69, 9.17) is 9.25 Å². The number of nitrogens with one attached hydrogen (secondary N) is 1. The zero-order chi connectivity index (χ0) is 13.8.